The van der Waals surface area contributed by atoms with E-state index in [0.717, 1.165) is 21.7 Å². The number of azo groups is 1. The quantitative estimate of drug-likeness (QED) is 0.330. The second kappa shape index (κ2) is 9.35. The fourth-order valence-electron chi connectivity index (χ4n) is 3.23. The molecule has 3 aromatic carbocycles. The highest BCUT2D eigenvalue weighted by Crippen LogP contribution is 2.24. The highest BCUT2D eigenvalue weighted by Gasteiger charge is 2.40. The van der Waals surface area contributed by atoms with Crippen LogP contribution in [0.1, 0.15) is 11.1 Å². The lowest BCUT2D eigenvalue weighted by atomic mass is 10.1. The first-order valence-electron chi connectivity index (χ1n) is 10.3. The number of anilines is 1. The maximum atomic E-state index is 12.9. The number of hydrogen-bond acceptors (Lipinski definition) is 6. The maximum absolute atomic E-state index is 12.9. The van der Waals surface area contributed by atoms with Crippen LogP contribution in [0.25, 0.3) is 0 Å². The Bertz CT molecular complexity index is 1260. The molecule has 1 aliphatic heterocycles. The third-order valence-electron chi connectivity index (χ3n) is 5.00. The van der Waals surface area contributed by atoms with Gasteiger partial charge in [0.15, 0.2) is 5.92 Å². The van der Waals surface area contributed by atoms with Gasteiger partial charge in [0.25, 0.3) is 5.91 Å². The van der Waals surface area contributed by atoms with E-state index in [1.165, 1.54) is 6.21 Å². The predicted molar refractivity (Wildman–Crippen MR) is 126 cm³/mol. The van der Waals surface area contributed by atoms with E-state index in [1.807, 2.05) is 44.2 Å². The largest absolute Gasteiger partial charge is 0.335 e. The summed E-state index contributed by atoms with van der Waals surface area (Å²) < 4.78 is 0. The van der Waals surface area contributed by atoms with Crippen molar-refractivity contribution in [1.82, 2.24) is 5.32 Å². The van der Waals surface area contributed by atoms with E-state index >= 15 is 0 Å². The molecule has 0 saturated carbocycles. The number of rotatable bonds is 5. The van der Waals surface area contributed by atoms with Crippen molar-refractivity contribution in [2.24, 2.45) is 21.1 Å². The van der Waals surface area contributed by atoms with Crippen molar-refractivity contribution >= 4 is 46.8 Å². The molecule has 0 aromatic heterocycles. The Morgan fingerprint density at radius 3 is 2.03 bits per heavy atom. The number of aliphatic imine (C=N–C) groups is 1. The van der Waals surface area contributed by atoms with Crippen molar-refractivity contribution in [2.75, 3.05) is 4.90 Å². The van der Waals surface area contributed by atoms with Gasteiger partial charge in [-0.2, -0.15) is 10.2 Å². The molecule has 0 unspecified atom stereocenters. The first kappa shape index (κ1) is 21.8. The summed E-state index contributed by atoms with van der Waals surface area (Å²) in [7, 11) is 0. The van der Waals surface area contributed by atoms with Crippen LogP contribution < -0.4 is 10.2 Å². The summed E-state index contributed by atoms with van der Waals surface area (Å²) in [6.07, 6.45) is 1.25. The van der Waals surface area contributed by atoms with Crippen LogP contribution in [0.3, 0.4) is 0 Å². The van der Waals surface area contributed by atoms with Gasteiger partial charge in [-0.25, -0.2) is 9.69 Å². The van der Waals surface area contributed by atoms with Gasteiger partial charge in [0.1, 0.15) is 0 Å². The van der Waals surface area contributed by atoms with Crippen LogP contribution in [0.4, 0.5) is 27.5 Å². The molecule has 1 saturated heterocycles. The third kappa shape index (κ3) is 5.07. The molecule has 8 heteroatoms. The molecule has 8 nitrogen and oxygen atoms in total. The smallest absolute Gasteiger partial charge is 0.276 e. The number of carbonyl (C=O) groups excluding carboxylic acids is 3. The normalized spacial score (nSPS) is 16.6. The number of nitrogens with zero attached hydrogens (tertiary/aromatic N) is 4. The van der Waals surface area contributed by atoms with Gasteiger partial charge in [-0.1, -0.05) is 29.8 Å². The fraction of sp³-hybridized carbons (Fsp3) is 0.120. The van der Waals surface area contributed by atoms with Gasteiger partial charge in [0.2, 0.25) is 5.91 Å². The van der Waals surface area contributed by atoms with E-state index < -0.39 is 23.8 Å². The number of aryl methyl sites for hydroxylation is 2. The average molecular weight is 439 g/mol. The van der Waals surface area contributed by atoms with Crippen LogP contribution in [0.15, 0.2) is 88.0 Å². The van der Waals surface area contributed by atoms with Crippen molar-refractivity contribution in [2.45, 2.75) is 13.8 Å². The Hall–Kier alpha value is -4.46. The molecule has 0 spiro atoms. The number of urea groups is 1. The molecular weight excluding hydrogens is 418 g/mol. The van der Waals surface area contributed by atoms with E-state index in [1.54, 1.807) is 42.5 Å². The summed E-state index contributed by atoms with van der Waals surface area (Å²) >= 11 is 0. The average Bonchev–Trinajstić information content (AvgIpc) is 2.79. The Kier molecular flexibility index (Phi) is 6.17. The first-order valence-corrected chi connectivity index (χ1v) is 10.3. The number of imide groups is 2. The molecule has 164 valence electrons. The van der Waals surface area contributed by atoms with Crippen LogP contribution in [-0.4, -0.2) is 24.1 Å². The number of carbonyl (C=O) groups is 3. The van der Waals surface area contributed by atoms with Gasteiger partial charge in [-0.3, -0.25) is 19.9 Å². The minimum Gasteiger partial charge on any atom is -0.276 e. The number of hydrogen-bond donors (Lipinski definition) is 1. The number of nitrogens with one attached hydrogen (secondary N) is 1. The second-order valence-corrected chi connectivity index (χ2v) is 7.61. The molecule has 1 N–H and O–H groups in total. The van der Waals surface area contributed by atoms with Crippen LogP contribution in [0.5, 0.6) is 0 Å². The summed E-state index contributed by atoms with van der Waals surface area (Å²) in [5.41, 5.74) is 4.34. The van der Waals surface area contributed by atoms with Crippen molar-refractivity contribution in [3.63, 3.8) is 0 Å². The minimum absolute atomic E-state index is 0.395. The van der Waals surface area contributed by atoms with Gasteiger partial charge in [0.05, 0.1) is 22.7 Å². The lowest BCUT2D eigenvalue weighted by Gasteiger charge is -2.28. The van der Waals surface area contributed by atoms with Crippen molar-refractivity contribution in [3.8, 4) is 0 Å². The SMILES string of the molecule is Cc1ccc(N=Nc2ccc(N=C[C@H]3C(=O)NC(=O)N(c4cccc(C)c4)C3=O)cc2)cc1. The molecule has 3 aromatic rings. The molecule has 0 radical (unpaired) electrons. The first-order chi connectivity index (χ1) is 15.9. The maximum Gasteiger partial charge on any atom is 0.335 e. The van der Waals surface area contributed by atoms with Gasteiger partial charge in [-0.05, 0) is 67.9 Å². The van der Waals surface area contributed by atoms with Crippen molar-refractivity contribution in [3.05, 3.63) is 83.9 Å². The summed E-state index contributed by atoms with van der Waals surface area (Å²) in [6.45, 7) is 3.85. The standard InChI is InChI=1S/C25H21N5O3/c1-16-6-8-19(9-7-16)28-29-20-12-10-18(11-13-20)26-15-22-23(31)27-25(33)30(24(22)32)21-5-3-4-17(2)14-21/h3-15,22H,1-2H3,(H,27,31,33)/t22-/m0/s1. The van der Waals surface area contributed by atoms with Gasteiger partial charge in [-0.15, -0.1) is 0 Å². The zero-order valence-corrected chi connectivity index (χ0v) is 18.1. The van der Waals surface area contributed by atoms with Crippen LogP contribution in [0.2, 0.25) is 0 Å². The van der Waals surface area contributed by atoms with E-state index in [2.05, 4.69) is 20.5 Å². The number of benzene rings is 3. The van der Waals surface area contributed by atoms with Crippen LogP contribution >= 0.6 is 0 Å². The zero-order chi connectivity index (χ0) is 23.4. The van der Waals surface area contributed by atoms with Crippen LogP contribution in [0, 0.1) is 19.8 Å². The van der Waals surface area contributed by atoms with E-state index in [-0.39, 0.29) is 0 Å². The molecule has 4 amide bonds. The van der Waals surface area contributed by atoms with Gasteiger partial charge >= 0.3 is 6.03 Å². The third-order valence-corrected chi connectivity index (χ3v) is 5.00. The van der Waals surface area contributed by atoms with Crippen molar-refractivity contribution in [1.29, 1.82) is 0 Å². The summed E-state index contributed by atoms with van der Waals surface area (Å²) in [6, 6.07) is 20.7. The van der Waals surface area contributed by atoms with Gasteiger partial charge in [0, 0.05) is 6.21 Å². The molecule has 1 aliphatic rings. The highest BCUT2D eigenvalue weighted by atomic mass is 16.2. The topological polar surface area (TPSA) is 104 Å². The fourth-order valence-corrected chi connectivity index (χ4v) is 3.23. The summed E-state index contributed by atoms with van der Waals surface area (Å²) in [4.78, 5) is 42.7. The number of amides is 4. The Morgan fingerprint density at radius 2 is 1.39 bits per heavy atom. The second-order valence-electron chi connectivity index (χ2n) is 7.61. The molecule has 1 atom stereocenters. The monoisotopic (exact) mass is 439 g/mol. The lowest BCUT2D eigenvalue weighted by Crippen LogP contribution is -2.58. The van der Waals surface area contributed by atoms with Gasteiger partial charge < -0.3 is 0 Å². The summed E-state index contributed by atoms with van der Waals surface area (Å²) in [5.74, 6) is -2.58. The minimum atomic E-state index is -1.22. The van der Waals surface area contributed by atoms with Crippen molar-refractivity contribution < 1.29 is 14.4 Å². The Labute approximate surface area is 190 Å². The van der Waals surface area contributed by atoms with Crippen LogP contribution in [-0.2, 0) is 9.59 Å². The molecule has 1 heterocycles. The molecular formula is C25H21N5O3. The molecule has 0 aliphatic carbocycles. The Balaban J connectivity index is 1.48. The zero-order valence-electron chi connectivity index (χ0n) is 18.1. The molecule has 0 bridgehead atoms. The number of barbiturate groups is 1. The Morgan fingerprint density at radius 1 is 0.788 bits per heavy atom. The molecule has 1 fully saturated rings. The van der Waals surface area contributed by atoms with E-state index in [0.29, 0.717) is 17.1 Å². The summed E-state index contributed by atoms with van der Waals surface area (Å²) in [5, 5.41) is 10.6. The predicted octanol–water partition coefficient (Wildman–Crippen LogP) is 5.32. The lowest BCUT2D eigenvalue weighted by molar-refractivity contribution is -0.131. The molecule has 33 heavy (non-hydrogen) atoms. The highest BCUT2D eigenvalue weighted by molar-refractivity contribution is 6.32. The van der Waals surface area contributed by atoms with E-state index in [9.17, 15) is 14.4 Å². The molecule has 4 rings (SSSR count). The van der Waals surface area contributed by atoms with E-state index in [4.69, 9.17) is 0 Å².